The van der Waals surface area contributed by atoms with Gasteiger partial charge < -0.3 is 0 Å². The van der Waals surface area contributed by atoms with Gasteiger partial charge in [-0.05, 0) is 0 Å². The molecule has 0 aliphatic carbocycles. The third-order valence-electron chi connectivity index (χ3n) is 8.66. The molecule has 0 radical (unpaired) electrons. The molecule has 0 atom stereocenters. The van der Waals surface area contributed by atoms with Gasteiger partial charge in [-0.15, -0.1) is 0 Å². The van der Waals surface area contributed by atoms with Crippen molar-refractivity contribution in [1.82, 2.24) is 0 Å². The summed E-state index contributed by atoms with van der Waals surface area (Å²) in [7, 11) is 2.00. The molecule has 0 aliphatic rings. The topological polar surface area (TPSA) is 30.8 Å². The second-order valence-electron chi connectivity index (χ2n) is 12.4. The normalized spacial score (nSPS) is 12.1. The monoisotopic (exact) mass is 797 g/mol. The molecule has 0 bridgehead atoms. The second-order valence-corrected chi connectivity index (χ2v) is 35.2. The number of hydrogen-bond donors (Lipinski definition) is 0. The van der Waals surface area contributed by atoms with E-state index in [1.807, 2.05) is 7.11 Å². The Bertz CT molecular complexity index is 554. The van der Waals surface area contributed by atoms with Crippen molar-refractivity contribution in [2.75, 3.05) is 7.11 Å². The molecule has 40 heavy (non-hydrogen) atoms. The summed E-state index contributed by atoms with van der Waals surface area (Å²) in [6.07, 6.45) is 32.0. The van der Waals surface area contributed by atoms with E-state index in [9.17, 15) is 0 Å². The van der Waals surface area contributed by atoms with Crippen molar-refractivity contribution >= 4 is 55.6 Å². The molecule has 0 rings (SSSR count). The molecule has 0 amide bonds. The summed E-state index contributed by atoms with van der Waals surface area (Å²) >= 11 is -1.27. The van der Waals surface area contributed by atoms with Crippen LogP contribution in [-0.2, 0) is 4.49 Å². The maximum absolute atomic E-state index is 7.63. The Morgan fingerprint density at radius 1 is 0.475 bits per heavy atom. The van der Waals surface area contributed by atoms with Crippen molar-refractivity contribution in [2.24, 2.45) is 3.21 Å². The minimum atomic E-state index is -3.33. The zero-order chi connectivity index (χ0) is 29.6. The number of thiocarbonyl (C=S) groups is 1. The Morgan fingerprint density at radius 3 is 1.07 bits per heavy atom. The number of hydrogen-bond acceptors (Lipinski definition) is 4. The van der Waals surface area contributed by atoms with Crippen molar-refractivity contribution in [3.8, 4) is 0 Å². The molecule has 0 aromatic carbocycles. The third-order valence-corrected chi connectivity index (χ3v) is 42.2. The zero-order valence-corrected chi connectivity index (χ0v) is 34.5. The Morgan fingerprint density at radius 2 is 0.775 bits per heavy atom. The molecule has 0 heterocycles. The van der Waals surface area contributed by atoms with E-state index in [4.69, 9.17) is 19.9 Å². The van der Waals surface area contributed by atoms with Crippen molar-refractivity contribution in [2.45, 2.75) is 200 Å². The van der Waals surface area contributed by atoms with E-state index in [2.05, 4.69) is 32.9 Å². The van der Waals surface area contributed by atoms with Crippen LogP contribution in [0.1, 0.15) is 182 Å². The van der Waals surface area contributed by atoms with Crippen LogP contribution in [-0.4, -0.2) is 50.5 Å². The zero-order valence-electron chi connectivity index (χ0n) is 28.0. The van der Waals surface area contributed by atoms with Gasteiger partial charge in [0.05, 0.1) is 0 Å². The average molecular weight is 795 g/mol. The third kappa shape index (κ3) is 22.8. The van der Waals surface area contributed by atoms with Crippen molar-refractivity contribution in [3.05, 3.63) is 0 Å². The predicted molar refractivity (Wildman–Crippen MR) is 187 cm³/mol. The standard InChI is InChI=1S/4C8H17.CNS.CH3O.O.2Sn/c4*1-3-5-7-8-6-4-2;2-1-3;1-2;;;/h4*1,3-8H2,2H3;;1H3;;;/q;;;;2*-1;;2*+1. The Hall–Kier alpha value is 1.32. The molecule has 0 spiro atoms. The van der Waals surface area contributed by atoms with Crippen LogP contribution >= 0.6 is 12.2 Å². The average Bonchev–Trinajstić information content (AvgIpc) is 2.96. The fourth-order valence-corrected chi connectivity index (χ4v) is 46.9. The summed E-state index contributed by atoms with van der Waals surface area (Å²) in [6, 6.07) is 0. The van der Waals surface area contributed by atoms with E-state index >= 15 is 0 Å². The van der Waals surface area contributed by atoms with Crippen LogP contribution < -0.4 is 0 Å². The molecule has 0 saturated heterocycles. The van der Waals surface area contributed by atoms with E-state index in [1.165, 1.54) is 172 Å². The van der Waals surface area contributed by atoms with E-state index in [-0.39, 0.29) is 0 Å². The van der Waals surface area contributed by atoms with Gasteiger partial charge in [0.15, 0.2) is 0 Å². The van der Waals surface area contributed by atoms with E-state index in [0.29, 0.717) is 0 Å². The molecular formula is C34H71NO2SSn2. The van der Waals surface area contributed by atoms with E-state index in [0.717, 1.165) is 0 Å². The number of nitrogens with zero attached hydrogens (tertiary/aromatic N) is 1. The van der Waals surface area contributed by atoms with Crippen LogP contribution in [0.25, 0.3) is 0 Å². The van der Waals surface area contributed by atoms with Crippen LogP contribution in [0.15, 0.2) is 3.21 Å². The minimum absolute atomic E-state index is 1.19. The Balaban J connectivity index is 5.60. The van der Waals surface area contributed by atoms with Gasteiger partial charge in [0.25, 0.3) is 0 Å². The van der Waals surface area contributed by atoms with Gasteiger partial charge >= 0.3 is 270 Å². The Kier molecular flexibility index (Phi) is 31.3. The van der Waals surface area contributed by atoms with Gasteiger partial charge in [-0.1, -0.05) is 0 Å². The quantitative estimate of drug-likeness (QED) is 0.0294. The van der Waals surface area contributed by atoms with Gasteiger partial charge in [-0.2, -0.15) is 0 Å². The SMILES string of the molecule is CCCCCCC[CH2][Sn]([CH2]CCCCCCC)([N]=C=S)[O][Sn]([CH2]CCCCCCC)([CH2]CCCCCCC)[O]C. The number of isothiocyanates is 1. The van der Waals surface area contributed by atoms with Gasteiger partial charge in [0.2, 0.25) is 0 Å². The molecule has 0 fully saturated rings. The first kappa shape index (κ1) is 41.3. The molecule has 0 aliphatic heterocycles. The first-order valence-corrected chi connectivity index (χ1v) is 31.2. The van der Waals surface area contributed by atoms with Gasteiger partial charge in [0, 0.05) is 0 Å². The summed E-state index contributed by atoms with van der Waals surface area (Å²) in [6.45, 7) is 9.21. The molecule has 0 aromatic rings. The molecule has 238 valence electrons. The van der Waals surface area contributed by atoms with Gasteiger partial charge in [-0.3, -0.25) is 0 Å². The summed E-state index contributed by atoms with van der Waals surface area (Å²) in [5, 5.41) is 2.91. The van der Waals surface area contributed by atoms with E-state index in [1.54, 1.807) is 0 Å². The van der Waals surface area contributed by atoms with Crippen molar-refractivity contribution < 1.29 is 4.49 Å². The van der Waals surface area contributed by atoms with Crippen LogP contribution in [0.4, 0.5) is 0 Å². The summed E-state index contributed by atoms with van der Waals surface area (Å²) in [4.78, 5) is 0. The molecule has 0 N–H and O–H groups in total. The van der Waals surface area contributed by atoms with Gasteiger partial charge in [0.1, 0.15) is 0 Å². The van der Waals surface area contributed by atoms with Crippen LogP contribution in [0.2, 0.25) is 17.7 Å². The fourth-order valence-electron chi connectivity index (χ4n) is 5.98. The molecule has 3 nitrogen and oxygen atoms in total. The summed E-state index contributed by atoms with van der Waals surface area (Å²) in [5.74, 6) is 0. The molecule has 6 heteroatoms. The number of unbranched alkanes of at least 4 members (excludes halogenated alkanes) is 20. The molecule has 0 unspecified atom stereocenters. The van der Waals surface area contributed by atoms with Gasteiger partial charge in [-0.25, -0.2) is 0 Å². The Labute approximate surface area is 268 Å². The summed E-state index contributed by atoms with van der Waals surface area (Å²) in [5.41, 5.74) is 0. The first-order chi connectivity index (χ1) is 19.6. The van der Waals surface area contributed by atoms with Crippen molar-refractivity contribution in [3.63, 3.8) is 0 Å². The van der Waals surface area contributed by atoms with Crippen LogP contribution in [0.5, 0.6) is 0 Å². The molecule has 0 saturated carbocycles. The first-order valence-electron chi connectivity index (χ1n) is 17.9. The van der Waals surface area contributed by atoms with Crippen molar-refractivity contribution in [1.29, 1.82) is 0 Å². The molecule has 0 aromatic heterocycles. The van der Waals surface area contributed by atoms with Crippen LogP contribution in [0, 0.1) is 0 Å². The van der Waals surface area contributed by atoms with E-state index < -0.39 is 38.3 Å². The molecular weight excluding hydrogens is 724 g/mol. The number of rotatable bonds is 32. The maximum atomic E-state index is 7.63. The fraction of sp³-hybridized carbons (Fsp3) is 0.971. The predicted octanol–water partition coefficient (Wildman–Crippen LogP) is 13.1. The van der Waals surface area contributed by atoms with Crippen LogP contribution in [0.3, 0.4) is 0 Å². The second kappa shape index (κ2) is 30.3. The summed E-state index contributed by atoms with van der Waals surface area (Å²) < 4.78 is 24.2.